The third kappa shape index (κ3) is 2.68. The van der Waals surface area contributed by atoms with Gasteiger partial charge < -0.3 is 0 Å². The fraction of sp³-hybridized carbons (Fsp3) is 0.154. The minimum absolute atomic E-state index is 0.850. The van der Waals surface area contributed by atoms with Gasteiger partial charge in [-0.15, -0.1) is 11.3 Å². The molecule has 0 spiro atoms. The van der Waals surface area contributed by atoms with Crippen LogP contribution in [0.5, 0.6) is 0 Å². The Bertz CT molecular complexity index is 489. The van der Waals surface area contributed by atoms with Crippen LogP contribution in [-0.2, 0) is 6.42 Å². The van der Waals surface area contributed by atoms with E-state index >= 15 is 0 Å². The van der Waals surface area contributed by atoms with Gasteiger partial charge in [0.15, 0.2) is 0 Å². The minimum atomic E-state index is 0.850. The van der Waals surface area contributed by atoms with Crippen molar-refractivity contribution >= 4 is 11.3 Å². The molecule has 0 unspecified atom stereocenters. The highest BCUT2D eigenvalue weighted by molar-refractivity contribution is 7.10. The first kappa shape index (κ1) is 9.95. The maximum absolute atomic E-state index is 4.42. The predicted octanol–water partition coefficient (Wildman–Crippen LogP) is 3.11. The summed E-state index contributed by atoms with van der Waals surface area (Å²) in [6, 6.07) is 9.99. The first-order valence-corrected chi connectivity index (χ1v) is 5.78. The van der Waals surface area contributed by atoms with Crippen LogP contribution in [0.15, 0.2) is 35.7 Å². The van der Waals surface area contributed by atoms with Crippen LogP contribution in [0.3, 0.4) is 0 Å². The Morgan fingerprint density at radius 1 is 1.20 bits per heavy atom. The molecule has 0 aliphatic rings. The first-order valence-electron chi connectivity index (χ1n) is 4.90. The summed E-state index contributed by atoms with van der Waals surface area (Å²) >= 11 is 1.65. The fourth-order valence-corrected chi connectivity index (χ4v) is 1.79. The zero-order valence-corrected chi connectivity index (χ0v) is 9.34. The number of pyridine rings is 1. The molecule has 2 heterocycles. The standard InChI is InChI=1S/C13H11NS/c1-2-11-5-3-6-12(14-11)8-9-13-7-4-10-15-13/h3-7,10H,2H2,1H3. The van der Waals surface area contributed by atoms with Crippen molar-refractivity contribution in [1.29, 1.82) is 0 Å². The normalized spacial score (nSPS) is 9.40. The molecule has 0 N–H and O–H groups in total. The largest absolute Gasteiger partial charge is 0.244 e. The third-order valence-corrected chi connectivity index (χ3v) is 2.79. The van der Waals surface area contributed by atoms with Crippen LogP contribution >= 0.6 is 11.3 Å². The number of nitrogens with zero attached hydrogens (tertiary/aromatic N) is 1. The molecule has 74 valence electrons. The Hall–Kier alpha value is -1.59. The summed E-state index contributed by atoms with van der Waals surface area (Å²) in [5.74, 6) is 6.17. The summed E-state index contributed by atoms with van der Waals surface area (Å²) in [4.78, 5) is 5.50. The van der Waals surface area contributed by atoms with Gasteiger partial charge in [0.25, 0.3) is 0 Å². The van der Waals surface area contributed by atoms with Gasteiger partial charge in [0.1, 0.15) is 5.69 Å². The van der Waals surface area contributed by atoms with E-state index in [4.69, 9.17) is 0 Å². The van der Waals surface area contributed by atoms with Crippen LogP contribution in [0.2, 0.25) is 0 Å². The van der Waals surface area contributed by atoms with Crippen molar-refractivity contribution < 1.29 is 0 Å². The number of rotatable bonds is 1. The van der Waals surface area contributed by atoms with Crippen LogP contribution < -0.4 is 0 Å². The second-order valence-electron chi connectivity index (χ2n) is 3.10. The second kappa shape index (κ2) is 4.77. The average molecular weight is 213 g/mol. The Labute approximate surface area is 93.8 Å². The molecule has 0 atom stereocenters. The number of hydrogen-bond acceptors (Lipinski definition) is 2. The number of thiophene rings is 1. The number of hydrogen-bond donors (Lipinski definition) is 0. The molecule has 0 aliphatic carbocycles. The monoisotopic (exact) mass is 213 g/mol. The summed E-state index contributed by atoms with van der Waals surface area (Å²) in [6.45, 7) is 2.10. The van der Waals surface area contributed by atoms with Crippen molar-refractivity contribution in [2.75, 3.05) is 0 Å². The van der Waals surface area contributed by atoms with Crippen molar-refractivity contribution in [2.24, 2.45) is 0 Å². The van der Waals surface area contributed by atoms with E-state index in [1.54, 1.807) is 11.3 Å². The number of aromatic nitrogens is 1. The molecule has 1 nitrogen and oxygen atoms in total. The van der Waals surface area contributed by atoms with Gasteiger partial charge in [0.05, 0.1) is 4.88 Å². The van der Waals surface area contributed by atoms with Gasteiger partial charge in [-0.2, -0.15) is 0 Å². The molecule has 0 saturated heterocycles. The van der Waals surface area contributed by atoms with E-state index in [2.05, 4.69) is 23.7 Å². The zero-order chi connectivity index (χ0) is 10.5. The van der Waals surface area contributed by atoms with E-state index in [-0.39, 0.29) is 0 Å². The van der Waals surface area contributed by atoms with Gasteiger partial charge in [0, 0.05) is 5.69 Å². The summed E-state index contributed by atoms with van der Waals surface area (Å²) in [7, 11) is 0. The highest BCUT2D eigenvalue weighted by Gasteiger charge is 1.92. The Morgan fingerprint density at radius 3 is 2.87 bits per heavy atom. The SMILES string of the molecule is CCc1cccc(C#Cc2cccs2)n1. The molecule has 0 saturated carbocycles. The molecule has 0 fully saturated rings. The van der Waals surface area contributed by atoms with Crippen molar-refractivity contribution in [3.05, 3.63) is 52.0 Å². The second-order valence-corrected chi connectivity index (χ2v) is 4.04. The molecule has 2 rings (SSSR count). The molecule has 0 aliphatic heterocycles. The lowest BCUT2D eigenvalue weighted by Crippen LogP contribution is -1.88. The van der Waals surface area contributed by atoms with Gasteiger partial charge >= 0.3 is 0 Å². The smallest absolute Gasteiger partial charge is 0.113 e. The molecule has 2 heteroatoms. The molecule has 2 aromatic rings. The summed E-state index contributed by atoms with van der Waals surface area (Å²) in [6.07, 6.45) is 0.953. The first-order chi connectivity index (χ1) is 7.38. The van der Waals surface area contributed by atoms with Crippen LogP contribution in [0.4, 0.5) is 0 Å². The van der Waals surface area contributed by atoms with Crippen molar-refractivity contribution in [3.63, 3.8) is 0 Å². The van der Waals surface area contributed by atoms with Crippen LogP contribution in [0.1, 0.15) is 23.2 Å². The van der Waals surface area contributed by atoms with Crippen molar-refractivity contribution in [2.45, 2.75) is 13.3 Å². The fourth-order valence-electron chi connectivity index (χ4n) is 1.22. The summed E-state index contributed by atoms with van der Waals surface area (Å²) in [5.41, 5.74) is 1.94. The van der Waals surface area contributed by atoms with Gasteiger partial charge in [-0.3, -0.25) is 0 Å². The molecule has 0 bridgehead atoms. The predicted molar refractivity (Wildman–Crippen MR) is 63.9 cm³/mol. The Kier molecular flexibility index (Phi) is 3.16. The van der Waals surface area contributed by atoms with E-state index in [1.165, 1.54) is 0 Å². The topological polar surface area (TPSA) is 12.9 Å². The molecule has 0 radical (unpaired) electrons. The van der Waals surface area contributed by atoms with E-state index in [1.807, 2.05) is 35.7 Å². The van der Waals surface area contributed by atoms with E-state index in [0.717, 1.165) is 22.7 Å². The molecule has 2 aromatic heterocycles. The van der Waals surface area contributed by atoms with Gasteiger partial charge in [-0.05, 0) is 41.8 Å². The lowest BCUT2D eigenvalue weighted by atomic mass is 10.2. The quantitative estimate of drug-likeness (QED) is 0.663. The maximum Gasteiger partial charge on any atom is 0.113 e. The average Bonchev–Trinajstić information content (AvgIpc) is 2.79. The van der Waals surface area contributed by atoms with Crippen LogP contribution in [0.25, 0.3) is 0 Å². The minimum Gasteiger partial charge on any atom is -0.244 e. The lowest BCUT2D eigenvalue weighted by molar-refractivity contribution is 1.03. The molecule has 15 heavy (non-hydrogen) atoms. The maximum atomic E-state index is 4.42. The van der Waals surface area contributed by atoms with Gasteiger partial charge in [-0.1, -0.05) is 19.1 Å². The highest BCUT2D eigenvalue weighted by Crippen LogP contribution is 2.06. The van der Waals surface area contributed by atoms with E-state index in [9.17, 15) is 0 Å². The molecule has 0 amide bonds. The van der Waals surface area contributed by atoms with E-state index < -0.39 is 0 Å². The van der Waals surface area contributed by atoms with Crippen LogP contribution in [0, 0.1) is 11.8 Å². The van der Waals surface area contributed by atoms with E-state index in [0.29, 0.717) is 0 Å². The number of aryl methyl sites for hydroxylation is 1. The van der Waals surface area contributed by atoms with Crippen LogP contribution in [-0.4, -0.2) is 4.98 Å². The lowest BCUT2D eigenvalue weighted by Gasteiger charge is -1.94. The Balaban J connectivity index is 2.23. The third-order valence-electron chi connectivity index (χ3n) is 2.00. The summed E-state index contributed by atoms with van der Waals surface area (Å²) in [5, 5.41) is 2.03. The molecular formula is C13H11NS. The van der Waals surface area contributed by atoms with Gasteiger partial charge in [-0.25, -0.2) is 4.98 Å². The van der Waals surface area contributed by atoms with Gasteiger partial charge in [0.2, 0.25) is 0 Å². The zero-order valence-electron chi connectivity index (χ0n) is 8.53. The highest BCUT2D eigenvalue weighted by atomic mass is 32.1. The molecular weight excluding hydrogens is 202 g/mol. The van der Waals surface area contributed by atoms with Crippen molar-refractivity contribution in [1.82, 2.24) is 4.98 Å². The summed E-state index contributed by atoms with van der Waals surface area (Å²) < 4.78 is 0. The Morgan fingerprint density at radius 2 is 2.13 bits per heavy atom. The molecule has 0 aromatic carbocycles. The van der Waals surface area contributed by atoms with Crippen molar-refractivity contribution in [3.8, 4) is 11.8 Å².